The van der Waals surface area contributed by atoms with E-state index in [0.717, 1.165) is 4.47 Å². The number of nitrogens with one attached hydrogen (secondary N) is 1. The van der Waals surface area contributed by atoms with Gasteiger partial charge in [-0.15, -0.1) is 0 Å². The highest BCUT2D eigenvalue weighted by Crippen LogP contribution is 2.29. The molecule has 3 aromatic rings. The number of rotatable bonds is 5. The van der Waals surface area contributed by atoms with Crippen LogP contribution in [0.25, 0.3) is 6.08 Å². The van der Waals surface area contributed by atoms with E-state index < -0.39 is 11.8 Å². The standard InChI is InChI=1S/C24H17BrN2O4S/c1-30-21-12-7-16(25)13-15(21)14-20-22(28)26-24(32)27(23(20)29)17-8-10-19(11-9-17)31-18-5-3-2-4-6-18/h2-14H,1H3,(H,26,28,32)/b20-14+. The molecule has 160 valence electrons. The van der Waals surface area contributed by atoms with Gasteiger partial charge in [0.05, 0.1) is 12.8 Å². The Kier molecular flexibility index (Phi) is 6.34. The Morgan fingerprint density at radius 1 is 0.969 bits per heavy atom. The fraction of sp³-hybridized carbons (Fsp3) is 0.0417. The second-order valence-corrected chi connectivity index (χ2v) is 8.06. The molecule has 0 spiro atoms. The van der Waals surface area contributed by atoms with Gasteiger partial charge in [0.1, 0.15) is 22.8 Å². The maximum Gasteiger partial charge on any atom is 0.270 e. The smallest absolute Gasteiger partial charge is 0.270 e. The van der Waals surface area contributed by atoms with E-state index in [9.17, 15) is 9.59 Å². The predicted molar refractivity (Wildman–Crippen MR) is 130 cm³/mol. The predicted octanol–water partition coefficient (Wildman–Crippen LogP) is 5.08. The molecule has 3 aromatic carbocycles. The van der Waals surface area contributed by atoms with E-state index in [1.165, 1.54) is 18.1 Å². The Hall–Kier alpha value is -3.49. The van der Waals surface area contributed by atoms with E-state index in [0.29, 0.717) is 28.5 Å². The number of carbonyl (C=O) groups is 2. The number of anilines is 1. The molecule has 0 atom stereocenters. The minimum absolute atomic E-state index is 0.00934. The van der Waals surface area contributed by atoms with Crippen molar-refractivity contribution in [3.8, 4) is 17.2 Å². The summed E-state index contributed by atoms with van der Waals surface area (Å²) < 4.78 is 11.9. The number of ether oxygens (including phenoxy) is 2. The summed E-state index contributed by atoms with van der Waals surface area (Å²) in [5, 5.41) is 2.59. The number of hydrogen-bond donors (Lipinski definition) is 1. The number of carbonyl (C=O) groups excluding carboxylic acids is 2. The first-order chi connectivity index (χ1) is 15.5. The molecular weight excluding hydrogens is 492 g/mol. The third-order valence-corrected chi connectivity index (χ3v) is 5.44. The normalized spacial score (nSPS) is 15.0. The Bertz CT molecular complexity index is 1230. The molecule has 0 bridgehead atoms. The second kappa shape index (κ2) is 9.33. The molecule has 2 amide bonds. The summed E-state index contributed by atoms with van der Waals surface area (Å²) in [6.07, 6.45) is 1.49. The molecule has 0 aromatic heterocycles. The van der Waals surface area contributed by atoms with Crippen molar-refractivity contribution < 1.29 is 19.1 Å². The minimum atomic E-state index is -0.567. The van der Waals surface area contributed by atoms with Crippen molar-refractivity contribution in [1.82, 2.24) is 5.32 Å². The van der Waals surface area contributed by atoms with Crippen molar-refractivity contribution in [3.63, 3.8) is 0 Å². The second-order valence-electron chi connectivity index (χ2n) is 6.75. The molecule has 1 heterocycles. The Labute approximate surface area is 198 Å². The highest BCUT2D eigenvalue weighted by molar-refractivity contribution is 9.10. The number of benzene rings is 3. The van der Waals surface area contributed by atoms with Gasteiger partial charge >= 0.3 is 0 Å². The van der Waals surface area contributed by atoms with Gasteiger partial charge < -0.3 is 9.47 Å². The number of methoxy groups -OCH3 is 1. The quantitative estimate of drug-likeness (QED) is 0.295. The summed E-state index contributed by atoms with van der Waals surface area (Å²) in [6.45, 7) is 0. The van der Waals surface area contributed by atoms with Crippen molar-refractivity contribution in [1.29, 1.82) is 0 Å². The molecule has 4 rings (SSSR count). The molecule has 0 unspecified atom stereocenters. The maximum atomic E-state index is 13.2. The zero-order valence-corrected chi connectivity index (χ0v) is 19.3. The first-order valence-electron chi connectivity index (χ1n) is 9.54. The third-order valence-electron chi connectivity index (χ3n) is 4.67. The van der Waals surface area contributed by atoms with Crippen LogP contribution in [0.5, 0.6) is 17.2 Å². The first-order valence-corrected chi connectivity index (χ1v) is 10.7. The van der Waals surface area contributed by atoms with Crippen LogP contribution in [0.15, 0.2) is 82.8 Å². The number of thiocarbonyl (C=S) groups is 1. The molecule has 1 aliphatic heterocycles. The van der Waals surface area contributed by atoms with E-state index in [4.69, 9.17) is 21.7 Å². The Morgan fingerprint density at radius 3 is 2.34 bits per heavy atom. The zero-order chi connectivity index (χ0) is 22.7. The SMILES string of the molecule is COc1ccc(Br)cc1/C=C1\C(=O)NC(=S)N(c2ccc(Oc3ccccc3)cc2)C1=O. The van der Waals surface area contributed by atoms with Crippen molar-refractivity contribution in [3.05, 3.63) is 88.4 Å². The zero-order valence-electron chi connectivity index (χ0n) is 16.9. The lowest BCUT2D eigenvalue weighted by Gasteiger charge is -2.29. The molecule has 0 aliphatic carbocycles. The lowest BCUT2D eigenvalue weighted by atomic mass is 10.1. The van der Waals surface area contributed by atoms with Crippen LogP contribution in [0.4, 0.5) is 5.69 Å². The maximum absolute atomic E-state index is 13.2. The molecule has 1 fully saturated rings. The summed E-state index contributed by atoms with van der Waals surface area (Å²) in [7, 11) is 1.52. The first kappa shape index (κ1) is 21.7. The van der Waals surface area contributed by atoms with Crippen molar-refractivity contribution >= 4 is 56.8 Å². The lowest BCUT2D eigenvalue weighted by Crippen LogP contribution is -2.54. The fourth-order valence-corrected chi connectivity index (χ4v) is 3.81. The van der Waals surface area contributed by atoms with Crippen LogP contribution >= 0.6 is 28.1 Å². The van der Waals surface area contributed by atoms with Gasteiger partial charge in [-0.05, 0) is 72.9 Å². The van der Waals surface area contributed by atoms with Crippen LogP contribution in [-0.2, 0) is 9.59 Å². The van der Waals surface area contributed by atoms with Crippen molar-refractivity contribution in [2.24, 2.45) is 0 Å². The number of halogens is 1. The van der Waals surface area contributed by atoms with Gasteiger partial charge in [0, 0.05) is 10.0 Å². The van der Waals surface area contributed by atoms with Crippen LogP contribution < -0.4 is 19.7 Å². The largest absolute Gasteiger partial charge is 0.496 e. The third kappa shape index (κ3) is 4.56. The van der Waals surface area contributed by atoms with E-state index in [1.54, 1.807) is 36.4 Å². The number of hydrogen-bond acceptors (Lipinski definition) is 5. The molecular formula is C24H17BrN2O4S. The lowest BCUT2D eigenvalue weighted by molar-refractivity contribution is -0.122. The van der Waals surface area contributed by atoms with Crippen molar-refractivity contribution in [2.45, 2.75) is 0 Å². The van der Waals surface area contributed by atoms with E-state index in [2.05, 4.69) is 21.2 Å². The average Bonchev–Trinajstić information content (AvgIpc) is 2.78. The van der Waals surface area contributed by atoms with Crippen LogP contribution in [0.1, 0.15) is 5.56 Å². The van der Waals surface area contributed by atoms with Gasteiger partial charge in [0.25, 0.3) is 11.8 Å². The van der Waals surface area contributed by atoms with Crippen LogP contribution in [0.2, 0.25) is 0 Å². The average molecular weight is 509 g/mol. The number of para-hydroxylation sites is 1. The van der Waals surface area contributed by atoms with Gasteiger partial charge in [0.2, 0.25) is 0 Å². The van der Waals surface area contributed by atoms with Crippen molar-refractivity contribution in [2.75, 3.05) is 12.0 Å². The summed E-state index contributed by atoms with van der Waals surface area (Å²) in [5.41, 5.74) is 1.03. The minimum Gasteiger partial charge on any atom is -0.496 e. The summed E-state index contributed by atoms with van der Waals surface area (Å²) in [6, 6.07) is 21.6. The van der Waals surface area contributed by atoms with E-state index >= 15 is 0 Å². The summed E-state index contributed by atoms with van der Waals surface area (Å²) in [5.74, 6) is 0.738. The Morgan fingerprint density at radius 2 is 1.66 bits per heavy atom. The van der Waals surface area contributed by atoms with Gasteiger partial charge in [0.15, 0.2) is 5.11 Å². The summed E-state index contributed by atoms with van der Waals surface area (Å²) >= 11 is 8.67. The molecule has 1 N–H and O–H groups in total. The fourth-order valence-electron chi connectivity index (χ4n) is 3.15. The molecule has 32 heavy (non-hydrogen) atoms. The van der Waals surface area contributed by atoms with Gasteiger partial charge in [-0.2, -0.15) is 0 Å². The summed E-state index contributed by atoms with van der Waals surface area (Å²) in [4.78, 5) is 27.1. The topological polar surface area (TPSA) is 67.9 Å². The highest BCUT2D eigenvalue weighted by Gasteiger charge is 2.34. The number of nitrogens with zero attached hydrogens (tertiary/aromatic N) is 1. The van der Waals surface area contributed by atoms with Crippen LogP contribution in [0, 0.1) is 0 Å². The Balaban J connectivity index is 1.63. The monoisotopic (exact) mass is 508 g/mol. The van der Waals surface area contributed by atoms with E-state index in [-0.39, 0.29) is 10.7 Å². The molecule has 1 aliphatic rings. The molecule has 0 saturated carbocycles. The molecule has 8 heteroatoms. The molecule has 1 saturated heterocycles. The molecule has 0 radical (unpaired) electrons. The molecule has 6 nitrogen and oxygen atoms in total. The van der Waals surface area contributed by atoms with Gasteiger partial charge in [-0.1, -0.05) is 34.1 Å². The van der Waals surface area contributed by atoms with E-state index in [1.807, 2.05) is 36.4 Å². The van der Waals surface area contributed by atoms with Gasteiger partial charge in [-0.3, -0.25) is 19.8 Å². The van der Waals surface area contributed by atoms with Crippen LogP contribution in [0.3, 0.4) is 0 Å². The highest BCUT2D eigenvalue weighted by atomic mass is 79.9. The number of amides is 2. The van der Waals surface area contributed by atoms with Gasteiger partial charge in [-0.25, -0.2) is 0 Å². The van der Waals surface area contributed by atoms with Crippen LogP contribution in [-0.4, -0.2) is 24.0 Å².